The molecule has 7 heteroatoms. The molecule has 0 bridgehead atoms. The van der Waals surface area contributed by atoms with Gasteiger partial charge in [0, 0.05) is 44.1 Å². The van der Waals surface area contributed by atoms with Crippen LogP contribution in [0.1, 0.15) is 24.2 Å². The lowest BCUT2D eigenvalue weighted by Gasteiger charge is -2.18. The van der Waals surface area contributed by atoms with Crippen molar-refractivity contribution in [2.45, 2.75) is 18.7 Å². The third-order valence-electron chi connectivity index (χ3n) is 4.10. The lowest BCUT2D eigenvalue weighted by molar-refractivity contribution is 0.102. The molecule has 2 aromatic rings. The quantitative estimate of drug-likeness (QED) is 0.808. The van der Waals surface area contributed by atoms with Gasteiger partial charge in [-0.15, -0.1) is 0 Å². The van der Waals surface area contributed by atoms with E-state index in [4.69, 9.17) is 0 Å². The van der Waals surface area contributed by atoms with Crippen LogP contribution in [0.5, 0.6) is 0 Å². The zero-order valence-corrected chi connectivity index (χ0v) is 16.4. The van der Waals surface area contributed by atoms with Crippen molar-refractivity contribution < 1.29 is 13.2 Å². The van der Waals surface area contributed by atoms with Crippen LogP contribution in [0, 0.1) is 0 Å². The molecule has 0 saturated carbocycles. The molecule has 140 valence electrons. The Morgan fingerprint density at radius 3 is 1.92 bits per heavy atom. The molecule has 0 heterocycles. The van der Waals surface area contributed by atoms with E-state index in [9.17, 15) is 13.2 Å². The van der Waals surface area contributed by atoms with E-state index < -0.39 is 10.0 Å². The Morgan fingerprint density at radius 2 is 1.46 bits per heavy atom. The van der Waals surface area contributed by atoms with Crippen LogP contribution in [-0.4, -0.2) is 45.8 Å². The van der Waals surface area contributed by atoms with Crippen molar-refractivity contribution in [2.75, 3.05) is 37.4 Å². The molecule has 26 heavy (non-hydrogen) atoms. The number of benzene rings is 2. The number of amides is 1. The van der Waals surface area contributed by atoms with Gasteiger partial charge in [0.05, 0.1) is 4.90 Å². The van der Waals surface area contributed by atoms with E-state index in [0.29, 0.717) is 24.3 Å². The van der Waals surface area contributed by atoms with Crippen molar-refractivity contribution in [3.05, 3.63) is 54.1 Å². The van der Waals surface area contributed by atoms with E-state index in [0.717, 1.165) is 5.69 Å². The van der Waals surface area contributed by atoms with Crippen LogP contribution in [0.25, 0.3) is 0 Å². The summed E-state index contributed by atoms with van der Waals surface area (Å²) in [5.41, 5.74) is 2.12. The number of sulfonamides is 1. The number of rotatable bonds is 7. The van der Waals surface area contributed by atoms with Gasteiger partial charge >= 0.3 is 0 Å². The number of nitrogens with zero attached hydrogens (tertiary/aromatic N) is 2. The van der Waals surface area contributed by atoms with Gasteiger partial charge in [0.25, 0.3) is 5.91 Å². The highest BCUT2D eigenvalue weighted by Gasteiger charge is 2.21. The average molecular weight is 375 g/mol. The van der Waals surface area contributed by atoms with Crippen molar-refractivity contribution >= 4 is 27.3 Å². The van der Waals surface area contributed by atoms with Crippen molar-refractivity contribution in [3.63, 3.8) is 0 Å². The second-order valence-electron chi connectivity index (χ2n) is 6.01. The van der Waals surface area contributed by atoms with Gasteiger partial charge in [-0.3, -0.25) is 4.79 Å². The third-order valence-corrected chi connectivity index (χ3v) is 6.17. The smallest absolute Gasteiger partial charge is 0.255 e. The number of hydrogen-bond acceptors (Lipinski definition) is 4. The largest absolute Gasteiger partial charge is 0.378 e. The first-order valence-electron chi connectivity index (χ1n) is 8.48. The zero-order chi connectivity index (χ0) is 19.3. The van der Waals surface area contributed by atoms with E-state index >= 15 is 0 Å². The van der Waals surface area contributed by atoms with Gasteiger partial charge in [0.2, 0.25) is 10.0 Å². The summed E-state index contributed by atoms with van der Waals surface area (Å²) >= 11 is 0. The molecule has 0 aliphatic rings. The van der Waals surface area contributed by atoms with Crippen LogP contribution in [0.4, 0.5) is 11.4 Å². The molecule has 0 aliphatic heterocycles. The fourth-order valence-electron chi connectivity index (χ4n) is 2.54. The molecule has 0 aromatic heterocycles. The van der Waals surface area contributed by atoms with Gasteiger partial charge in [0.15, 0.2) is 0 Å². The number of nitrogens with one attached hydrogen (secondary N) is 1. The molecular weight excluding hydrogens is 350 g/mol. The first-order chi connectivity index (χ1) is 12.3. The molecule has 1 amide bonds. The Balaban J connectivity index is 2.13. The Kier molecular flexibility index (Phi) is 6.39. The minimum Gasteiger partial charge on any atom is -0.378 e. The SMILES string of the molecule is CCN(CC)S(=O)(=O)c1ccc(C(=O)Nc2ccc(N(C)C)cc2)cc1. The molecule has 2 aromatic carbocycles. The minimum absolute atomic E-state index is 0.188. The third kappa shape index (κ3) is 4.42. The van der Waals surface area contributed by atoms with Crippen LogP contribution >= 0.6 is 0 Å². The van der Waals surface area contributed by atoms with Crippen LogP contribution in [0.15, 0.2) is 53.4 Å². The molecule has 0 unspecified atom stereocenters. The summed E-state index contributed by atoms with van der Waals surface area (Å²) in [5.74, 6) is -0.283. The van der Waals surface area contributed by atoms with E-state index in [1.54, 1.807) is 13.8 Å². The molecule has 2 rings (SSSR count). The lowest BCUT2D eigenvalue weighted by Crippen LogP contribution is -2.30. The van der Waals surface area contributed by atoms with E-state index in [1.165, 1.54) is 28.6 Å². The van der Waals surface area contributed by atoms with Crippen LogP contribution in [0.2, 0.25) is 0 Å². The van der Waals surface area contributed by atoms with Gasteiger partial charge in [-0.2, -0.15) is 4.31 Å². The topological polar surface area (TPSA) is 69.7 Å². The fourth-order valence-corrected chi connectivity index (χ4v) is 4.00. The molecular formula is C19H25N3O3S. The highest BCUT2D eigenvalue weighted by atomic mass is 32.2. The Labute approximate surface area is 155 Å². The molecule has 0 atom stereocenters. The Hall–Kier alpha value is -2.38. The van der Waals surface area contributed by atoms with Crippen molar-refractivity contribution in [1.29, 1.82) is 0 Å². The van der Waals surface area contributed by atoms with E-state index in [-0.39, 0.29) is 10.8 Å². The Bertz CT molecular complexity index is 841. The second-order valence-corrected chi connectivity index (χ2v) is 7.95. The van der Waals surface area contributed by atoms with Gasteiger partial charge < -0.3 is 10.2 Å². The maximum absolute atomic E-state index is 12.5. The molecule has 0 radical (unpaired) electrons. The summed E-state index contributed by atoms with van der Waals surface area (Å²) in [6.45, 7) is 4.41. The van der Waals surface area contributed by atoms with Crippen LogP contribution in [-0.2, 0) is 10.0 Å². The summed E-state index contributed by atoms with van der Waals surface area (Å²) in [6, 6.07) is 13.5. The van der Waals surface area contributed by atoms with E-state index in [1.807, 2.05) is 43.3 Å². The van der Waals surface area contributed by atoms with Gasteiger partial charge in [0.1, 0.15) is 0 Å². The second kappa shape index (κ2) is 8.33. The predicted molar refractivity (Wildman–Crippen MR) is 105 cm³/mol. The van der Waals surface area contributed by atoms with Crippen molar-refractivity contribution in [3.8, 4) is 0 Å². The first kappa shape index (κ1) is 19.9. The molecule has 0 fully saturated rings. The highest BCUT2D eigenvalue weighted by Crippen LogP contribution is 2.19. The molecule has 6 nitrogen and oxygen atoms in total. The fraction of sp³-hybridized carbons (Fsp3) is 0.316. The maximum atomic E-state index is 12.5. The van der Waals surface area contributed by atoms with Gasteiger partial charge in [-0.05, 0) is 48.5 Å². The summed E-state index contributed by atoms with van der Waals surface area (Å²) in [6.07, 6.45) is 0. The standard InChI is InChI=1S/C19H25N3O3S/c1-5-22(6-2)26(24,25)18-13-7-15(8-14-18)19(23)20-16-9-11-17(12-10-16)21(3)4/h7-14H,5-6H2,1-4H3,(H,20,23). The highest BCUT2D eigenvalue weighted by molar-refractivity contribution is 7.89. The summed E-state index contributed by atoms with van der Waals surface area (Å²) in [7, 11) is 0.373. The normalized spacial score (nSPS) is 11.4. The predicted octanol–water partition coefficient (Wildman–Crippen LogP) is 3.04. The number of carbonyl (C=O) groups excluding carboxylic acids is 1. The number of hydrogen-bond donors (Lipinski definition) is 1. The summed E-state index contributed by atoms with van der Waals surface area (Å²) in [4.78, 5) is 14.5. The zero-order valence-electron chi connectivity index (χ0n) is 15.6. The molecule has 0 spiro atoms. The van der Waals surface area contributed by atoms with Gasteiger partial charge in [-0.25, -0.2) is 8.42 Å². The molecule has 1 N–H and O–H groups in total. The average Bonchev–Trinajstić information content (AvgIpc) is 2.63. The minimum atomic E-state index is -3.52. The lowest BCUT2D eigenvalue weighted by atomic mass is 10.2. The van der Waals surface area contributed by atoms with Crippen LogP contribution < -0.4 is 10.2 Å². The van der Waals surface area contributed by atoms with Gasteiger partial charge in [-0.1, -0.05) is 13.8 Å². The number of carbonyl (C=O) groups is 1. The van der Waals surface area contributed by atoms with E-state index in [2.05, 4.69) is 5.32 Å². The summed E-state index contributed by atoms with van der Waals surface area (Å²) < 4.78 is 26.3. The number of anilines is 2. The Morgan fingerprint density at radius 1 is 0.923 bits per heavy atom. The monoisotopic (exact) mass is 375 g/mol. The molecule has 0 aliphatic carbocycles. The van der Waals surface area contributed by atoms with Crippen molar-refractivity contribution in [2.24, 2.45) is 0 Å². The maximum Gasteiger partial charge on any atom is 0.255 e. The summed E-state index contributed by atoms with van der Waals surface area (Å²) in [5, 5.41) is 2.81. The van der Waals surface area contributed by atoms with Crippen LogP contribution in [0.3, 0.4) is 0 Å². The van der Waals surface area contributed by atoms with Crippen molar-refractivity contribution in [1.82, 2.24) is 4.31 Å². The first-order valence-corrected chi connectivity index (χ1v) is 9.92. The molecule has 0 saturated heterocycles.